The zero-order valence-corrected chi connectivity index (χ0v) is 16.5. The molecule has 3 aromatic rings. The van der Waals surface area contributed by atoms with Crippen LogP contribution in [-0.2, 0) is 10.2 Å². The van der Waals surface area contributed by atoms with Crippen molar-refractivity contribution in [2.24, 2.45) is 0 Å². The van der Waals surface area contributed by atoms with Crippen molar-refractivity contribution in [3.63, 3.8) is 0 Å². The van der Waals surface area contributed by atoms with Gasteiger partial charge in [-0.2, -0.15) is 4.68 Å². The topological polar surface area (TPSA) is 145 Å². The van der Waals surface area contributed by atoms with E-state index >= 15 is 0 Å². The van der Waals surface area contributed by atoms with Crippen LogP contribution in [0.15, 0.2) is 34.0 Å². The summed E-state index contributed by atoms with van der Waals surface area (Å²) >= 11 is 12.6. The predicted molar refractivity (Wildman–Crippen MR) is 109 cm³/mol. The summed E-state index contributed by atoms with van der Waals surface area (Å²) in [6.07, 6.45) is 2.98. The van der Waals surface area contributed by atoms with Crippen molar-refractivity contribution in [2.75, 3.05) is 11.1 Å². The van der Waals surface area contributed by atoms with E-state index in [-0.39, 0.29) is 33.2 Å². The Balaban J connectivity index is 1.51. The minimum atomic E-state index is -0.801. The quantitative estimate of drug-likeness (QED) is 0.557. The normalized spacial score (nSPS) is 15.7. The van der Waals surface area contributed by atoms with E-state index in [0.29, 0.717) is 11.6 Å². The summed E-state index contributed by atoms with van der Waals surface area (Å²) in [5.74, 6) is 0.579. The Morgan fingerprint density at radius 3 is 2.50 bits per heavy atom. The number of anilines is 2. The van der Waals surface area contributed by atoms with Crippen LogP contribution in [0, 0.1) is 0 Å². The summed E-state index contributed by atoms with van der Waals surface area (Å²) in [7, 11) is 0. The lowest BCUT2D eigenvalue weighted by atomic mass is 10.00. The number of benzene rings is 1. The second kappa shape index (κ2) is 6.31. The van der Waals surface area contributed by atoms with Gasteiger partial charge in [-0.15, -0.1) is 5.10 Å². The molecule has 0 radical (unpaired) electrons. The molecule has 0 saturated heterocycles. The largest absolute Gasteiger partial charge is 0.453 e. The fourth-order valence-corrected chi connectivity index (χ4v) is 3.96. The number of fused-ring (bicyclic) bond motifs is 2. The maximum atomic E-state index is 12.1. The van der Waals surface area contributed by atoms with Crippen molar-refractivity contribution < 1.29 is 9.53 Å². The van der Waals surface area contributed by atoms with Crippen LogP contribution in [0.2, 0.25) is 10.0 Å². The van der Waals surface area contributed by atoms with Crippen molar-refractivity contribution in [3.8, 4) is 17.2 Å². The number of nitrogen functional groups attached to an aromatic ring is 1. The maximum absolute atomic E-state index is 12.1. The first-order chi connectivity index (χ1) is 14.3. The molecule has 1 spiro atoms. The van der Waals surface area contributed by atoms with Crippen LogP contribution >= 0.6 is 23.2 Å². The Kier molecular flexibility index (Phi) is 3.92. The van der Waals surface area contributed by atoms with Crippen molar-refractivity contribution in [3.05, 3.63) is 60.8 Å². The fourth-order valence-electron chi connectivity index (χ4n) is 3.41. The van der Waals surface area contributed by atoms with Gasteiger partial charge in [0.2, 0.25) is 11.7 Å². The van der Waals surface area contributed by atoms with Crippen molar-refractivity contribution in [1.82, 2.24) is 19.7 Å². The number of rotatable bonds is 3. The molecule has 12 heteroatoms. The molecule has 1 aliphatic heterocycles. The summed E-state index contributed by atoms with van der Waals surface area (Å²) in [6, 6.07) is 4.52. The zero-order valence-electron chi connectivity index (χ0n) is 15.0. The SMILES string of the molecule is Nc1nn(-c2cc(Cl)c(Oc3cnc4c(c3)C3(CC3)C(=O)N4)c(Cl)c2)c(=O)[nH]c1=O. The lowest BCUT2D eigenvalue weighted by Crippen LogP contribution is -2.33. The van der Waals surface area contributed by atoms with Crippen molar-refractivity contribution in [2.45, 2.75) is 18.3 Å². The first-order valence-electron chi connectivity index (χ1n) is 8.77. The molecule has 10 nitrogen and oxygen atoms in total. The van der Waals surface area contributed by atoms with Crippen molar-refractivity contribution in [1.29, 1.82) is 0 Å². The molecule has 1 saturated carbocycles. The number of nitrogens with one attached hydrogen (secondary N) is 2. The number of pyridine rings is 1. The number of hydrogen-bond donors (Lipinski definition) is 3. The molecule has 0 atom stereocenters. The van der Waals surface area contributed by atoms with E-state index in [4.69, 9.17) is 33.7 Å². The van der Waals surface area contributed by atoms with E-state index in [9.17, 15) is 14.4 Å². The Bertz CT molecular complexity index is 1340. The number of hydrogen-bond acceptors (Lipinski definition) is 7. The number of aromatic amines is 1. The summed E-state index contributed by atoms with van der Waals surface area (Å²) in [4.78, 5) is 41.9. The highest BCUT2D eigenvalue weighted by molar-refractivity contribution is 6.37. The van der Waals surface area contributed by atoms with Crippen LogP contribution in [0.5, 0.6) is 11.5 Å². The first-order valence-corrected chi connectivity index (χ1v) is 9.52. The first kappa shape index (κ1) is 18.6. The standard InChI is InChI=1S/C18H12Cl2N6O4/c19-10-3-7(26-17(29)24-15(27)13(21)25-26)4-11(20)12(10)30-8-5-9-14(22-6-8)23-16(28)18(9)1-2-18/h3-6H,1-2H2,(H2,21,25)(H,22,23,28)(H,24,27,29). The maximum Gasteiger partial charge on any atom is 0.349 e. The van der Waals surface area contributed by atoms with E-state index in [1.54, 1.807) is 6.07 Å². The number of amides is 1. The van der Waals surface area contributed by atoms with E-state index in [2.05, 4.69) is 15.4 Å². The molecular formula is C18H12Cl2N6O4. The van der Waals surface area contributed by atoms with Crippen LogP contribution < -0.4 is 27.0 Å². The summed E-state index contributed by atoms with van der Waals surface area (Å²) in [5.41, 5.74) is 4.33. The van der Waals surface area contributed by atoms with Crippen LogP contribution in [0.25, 0.3) is 5.69 Å². The molecule has 2 aromatic heterocycles. The number of ether oxygens (including phenoxy) is 1. The Morgan fingerprint density at radius 2 is 1.83 bits per heavy atom. The van der Waals surface area contributed by atoms with Gasteiger partial charge >= 0.3 is 5.69 Å². The molecular weight excluding hydrogens is 435 g/mol. The van der Waals surface area contributed by atoms with Gasteiger partial charge < -0.3 is 15.8 Å². The van der Waals surface area contributed by atoms with Gasteiger partial charge in [-0.3, -0.25) is 14.6 Å². The highest BCUT2D eigenvalue weighted by Crippen LogP contribution is 2.55. The van der Waals surface area contributed by atoms with E-state index in [1.807, 2.05) is 4.98 Å². The number of nitrogens with zero attached hydrogens (tertiary/aromatic N) is 3. The number of H-pyrrole nitrogens is 1. The van der Waals surface area contributed by atoms with Gasteiger partial charge in [0.15, 0.2) is 5.75 Å². The van der Waals surface area contributed by atoms with Gasteiger partial charge in [-0.1, -0.05) is 23.2 Å². The minimum Gasteiger partial charge on any atom is -0.453 e. The lowest BCUT2D eigenvalue weighted by Gasteiger charge is -2.13. The molecule has 0 bridgehead atoms. The Morgan fingerprint density at radius 1 is 1.13 bits per heavy atom. The molecule has 4 N–H and O–H groups in total. The van der Waals surface area contributed by atoms with Crippen molar-refractivity contribution >= 4 is 40.7 Å². The van der Waals surface area contributed by atoms with Crippen LogP contribution in [0.1, 0.15) is 18.4 Å². The number of halogens is 2. The van der Waals surface area contributed by atoms with Gasteiger partial charge in [0, 0.05) is 5.56 Å². The van der Waals surface area contributed by atoms with E-state index in [1.165, 1.54) is 18.3 Å². The molecule has 1 aromatic carbocycles. The number of aromatic nitrogens is 4. The van der Waals surface area contributed by atoms with Crippen LogP contribution in [-0.4, -0.2) is 25.7 Å². The second-order valence-corrected chi connectivity index (χ2v) is 7.81. The molecule has 5 rings (SSSR count). The second-order valence-electron chi connectivity index (χ2n) is 7.00. The summed E-state index contributed by atoms with van der Waals surface area (Å²) in [5, 5.41) is 6.69. The van der Waals surface area contributed by atoms with E-state index < -0.39 is 16.7 Å². The monoisotopic (exact) mass is 446 g/mol. The van der Waals surface area contributed by atoms with Crippen LogP contribution in [0.3, 0.4) is 0 Å². The summed E-state index contributed by atoms with van der Waals surface area (Å²) in [6.45, 7) is 0. The highest BCUT2D eigenvalue weighted by atomic mass is 35.5. The predicted octanol–water partition coefficient (Wildman–Crippen LogP) is 1.98. The lowest BCUT2D eigenvalue weighted by molar-refractivity contribution is -0.117. The number of nitrogens with two attached hydrogens (primary N) is 1. The average Bonchev–Trinajstić information content (AvgIpc) is 3.45. The van der Waals surface area contributed by atoms with E-state index in [0.717, 1.165) is 23.1 Å². The fraction of sp³-hybridized carbons (Fsp3) is 0.167. The molecule has 1 aliphatic carbocycles. The number of carbonyl (C=O) groups is 1. The van der Waals surface area contributed by atoms with Gasteiger partial charge in [-0.05, 0) is 31.0 Å². The van der Waals surface area contributed by atoms with Crippen LogP contribution in [0.4, 0.5) is 11.6 Å². The molecule has 152 valence electrons. The van der Waals surface area contributed by atoms with Gasteiger partial charge in [0.05, 0.1) is 27.3 Å². The number of carbonyl (C=O) groups excluding carboxylic acids is 1. The zero-order chi connectivity index (χ0) is 21.2. The molecule has 1 amide bonds. The molecule has 1 fully saturated rings. The molecule has 3 heterocycles. The summed E-state index contributed by atoms with van der Waals surface area (Å²) < 4.78 is 6.69. The molecule has 30 heavy (non-hydrogen) atoms. The third-order valence-corrected chi connectivity index (χ3v) is 5.66. The average molecular weight is 447 g/mol. The third-order valence-electron chi connectivity index (χ3n) is 5.10. The third kappa shape index (κ3) is 2.76. The smallest absolute Gasteiger partial charge is 0.349 e. The highest BCUT2D eigenvalue weighted by Gasteiger charge is 2.57. The Labute approximate surface area is 177 Å². The van der Waals surface area contributed by atoms with Gasteiger partial charge in [0.25, 0.3) is 5.56 Å². The molecule has 2 aliphatic rings. The van der Waals surface area contributed by atoms with Gasteiger partial charge in [-0.25, -0.2) is 9.78 Å². The minimum absolute atomic E-state index is 0.0549. The Hall–Kier alpha value is -3.37. The molecule has 0 unspecified atom stereocenters. The van der Waals surface area contributed by atoms with Gasteiger partial charge in [0.1, 0.15) is 11.6 Å².